The van der Waals surface area contributed by atoms with Gasteiger partial charge in [0, 0.05) is 24.4 Å². The largest absolute Gasteiger partial charge is 0.352 e. The number of amides is 1. The Hall–Kier alpha value is -3.20. The monoisotopic (exact) mass is 402 g/mol. The quantitative estimate of drug-likeness (QED) is 0.552. The van der Waals surface area contributed by atoms with Gasteiger partial charge in [-0.3, -0.25) is 4.79 Å². The average molecular weight is 402 g/mol. The Balaban J connectivity index is 1.47. The van der Waals surface area contributed by atoms with Crippen molar-refractivity contribution >= 4 is 22.2 Å². The molecule has 9 heteroatoms. The van der Waals surface area contributed by atoms with Crippen LogP contribution in [0.1, 0.15) is 16.1 Å². The fourth-order valence-corrected chi connectivity index (χ4v) is 3.58. The molecule has 142 valence electrons. The van der Waals surface area contributed by atoms with Crippen molar-refractivity contribution in [2.24, 2.45) is 0 Å². The van der Waals surface area contributed by atoms with Crippen LogP contribution in [-0.2, 0) is 6.42 Å². The minimum atomic E-state index is -0.916. The maximum atomic E-state index is 13.9. The topological polar surface area (TPSA) is 59.3 Å². The third-order valence-corrected chi connectivity index (χ3v) is 4.97. The van der Waals surface area contributed by atoms with Crippen LogP contribution in [0.3, 0.4) is 0 Å². The van der Waals surface area contributed by atoms with Gasteiger partial charge in [0.2, 0.25) is 4.96 Å². The maximum Gasteiger partial charge on any atom is 0.254 e. The molecule has 2 aromatic heterocycles. The summed E-state index contributed by atoms with van der Waals surface area (Å²) in [5.74, 6) is -2.41. The molecule has 1 N–H and O–H groups in total. The lowest BCUT2D eigenvalue weighted by atomic mass is 10.2. The van der Waals surface area contributed by atoms with Gasteiger partial charge in [0.15, 0.2) is 5.82 Å². The van der Waals surface area contributed by atoms with Crippen LogP contribution in [0.5, 0.6) is 0 Å². The fourth-order valence-electron chi connectivity index (χ4n) is 2.73. The number of hydrogen-bond acceptors (Lipinski definition) is 4. The van der Waals surface area contributed by atoms with Crippen LogP contribution in [0.4, 0.5) is 13.2 Å². The highest BCUT2D eigenvalue weighted by molar-refractivity contribution is 7.15. The van der Waals surface area contributed by atoms with E-state index in [1.54, 1.807) is 22.7 Å². The summed E-state index contributed by atoms with van der Waals surface area (Å²) in [5, 5.41) is 8.78. The highest BCUT2D eigenvalue weighted by atomic mass is 32.1. The lowest BCUT2D eigenvalue weighted by Gasteiger charge is -2.05. The molecule has 0 aliphatic rings. The zero-order valence-electron chi connectivity index (χ0n) is 14.3. The molecular weight excluding hydrogens is 389 g/mol. The second-order valence-electron chi connectivity index (χ2n) is 5.97. The summed E-state index contributed by atoms with van der Waals surface area (Å²) in [6.45, 7) is 0.219. The number of halogens is 3. The molecule has 0 atom stereocenters. The van der Waals surface area contributed by atoms with Gasteiger partial charge in [-0.1, -0.05) is 12.1 Å². The Morgan fingerprint density at radius 3 is 2.71 bits per heavy atom. The van der Waals surface area contributed by atoms with Gasteiger partial charge < -0.3 is 5.32 Å². The smallest absolute Gasteiger partial charge is 0.254 e. The summed E-state index contributed by atoms with van der Waals surface area (Å²) in [4.78, 5) is 17.0. The molecule has 2 aromatic carbocycles. The Morgan fingerprint density at radius 1 is 1.11 bits per heavy atom. The second kappa shape index (κ2) is 7.43. The molecule has 28 heavy (non-hydrogen) atoms. The van der Waals surface area contributed by atoms with Gasteiger partial charge in [0.05, 0.1) is 16.8 Å². The molecule has 2 heterocycles. The summed E-state index contributed by atoms with van der Waals surface area (Å²) >= 11 is 1.35. The highest BCUT2D eigenvalue weighted by Gasteiger charge is 2.15. The van der Waals surface area contributed by atoms with E-state index >= 15 is 0 Å². The van der Waals surface area contributed by atoms with Gasteiger partial charge in [-0.05, 0) is 24.3 Å². The minimum Gasteiger partial charge on any atom is -0.352 e. The van der Waals surface area contributed by atoms with E-state index in [9.17, 15) is 18.0 Å². The molecule has 0 bridgehead atoms. The van der Waals surface area contributed by atoms with Crippen LogP contribution in [-0.4, -0.2) is 27.0 Å². The molecule has 0 saturated carbocycles. The van der Waals surface area contributed by atoms with Gasteiger partial charge in [-0.15, -0.1) is 16.4 Å². The maximum absolute atomic E-state index is 13.9. The van der Waals surface area contributed by atoms with Crippen molar-refractivity contribution in [1.82, 2.24) is 19.9 Å². The Morgan fingerprint density at radius 2 is 1.93 bits per heavy atom. The minimum absolute atomic E-state index is 0.219. The number of nitrogens with zero attached hydrogens (tertiary/aromatic N) is 3. The van der Waals surface area contributed by atoms with Crippen molar-refractivity contribution in [1.29, 1.82) is 0 Å². The third kappa shape index (κ3) is 3.48. The third-order valence-electron chi connectivity index (χ3n) is 4.11. The molecule has 0 radical (unpaired) electrons. The molecule has 4 rings (SSSR count). The highest BCUT2D eigenvalue weighted by Crippen LogP contribution is 2.23. The van der Waals surface area contributed by atoms with Crippen molar-refractivity contribution < 1.29 is 18.0 Å². The second-order valence-corrected chi connectivity index (χ2v) is 6.80. The normalized spacial score (nSPS) is 11.1. The zero-order valence-corrected chi connectivity index (χ0v) is 15.1. The summed E-state index contributed by atoms with van der Waals surface area (Å²) in [6.07, 6.45) is 0.411. The van der Waals surface area contributed by atoms with E-state index in [4.69, 9.17) is 0 Å². The summed E-state index contributed by atoms with van der Waals surface area (Å²) in [5.41, 5.74) is 0.860. The van der Waals surface area contributed by atoms with E-state index in [2.05, 4.69) is 15.4 Å². The van der Waals surface area contributed by atoms with E-state index in [1.165, 1.54) is 17.4 Å². The molecule has 5 nitrogen and oxygen atoms in total. The molecule has 0 aliphatic carbocycles. The SMILES string of the molecule is O=C(NCCc1csc2nc(-c3ccccc3F)nn12)c1ccc(F)cc1F. The number of hydrogen-bond donors (Lipinski definition) is 1. The molecule has 0 spiro atoms. The number of benzene rings is 2. The molecule has 0 aliphatic heterocycles. The van der Waals surface area contributed by atoms with E-state index in [0.717, 1.165) is 17.8 Å². The first-order valence-corrected chi connectivity index (χ1v) is 9.22. The predicted octanol–water partition coefficient (Wildman–Crippen LogP) is 3.85. The number of carbonyl (C=O) groups excluding carboxylic acids is 1. The predicted molar refractivity (Wildman–Crippen MR) is 98.7 cm³/mol. The van der Waals surface area contributed by atoms with Crippen LogP contribution in [0.2, 0.25) is 0 Å². The number of nitrogens with one attached hydrogen (secondary N) is 1. The zero-order chi connectivity index (χ0) is 19.7. The van der Waals surface area contributed by atoms with E-state index in [0.29, 0.717) is 23.0 Å². The van der Waals surface area contributed by atoms with Crippen molar-refractivity contribution in [2.45, 2.75) is 6.42 Å². The van der Waals surface area contributed by atoms with Crippen molar-refractivity contribution in [3.63, 3.8) is 0 Å². The standard InChI is InChI=1S/C19H13F3N4OS/c20-11-5-6-14(16(22)9-11)18(27)23-8-7-12-10-28-19-24-17(25-26(12)19)13-3-1-2-4-15(13)21/h1-6,9-10H,7-8H2,(H,23,27). The van der Waals surface area contributed by atoms with Crippen LogP contribution in [0.25, 0.3) is 16.3 Å². The summed E-state index contributed by atoms with van der Waals surface area (Å²) in [6, 6.07) is 9.03. The van der Waals surface area contributed by atoms with Crippen molar-refractivity contribution in [2.75, 3.05) is 6.54 Å². The number of carbonyl (C=O) groups is 1. The number of rotatable bonds is 5. The van der Waals surface area contributed by atoms with Crippen molar-refractivity contribution in [3.8, 4) is 11.4 Å². The molecule has 1 amide bonds. The van der Waals surface area contributed by atoms with E-state index < -0.39 is 23.4 Å². The van der Waals surface area contributed by atoms with Crippen LogP contribution < -0.4 is 5.32 Å². The Labute approximate surface area is 161 Å². The van der Waals surface area contributed by atoms with Crippen LogP contribution in [0.15, 0.2) is 47.8 Å². The summed E-state index contributed by atoms with van der Waals surface area (Å²) in [7, 11) is 0. The first-order chi connectivity index (χ1) is 13.5. The van der Waals surface area contributed by atoms with E-state index in [-0.39, 0.29) is 17.9 Å². The summed E-state index contributed by atoms with van der Waals surface area (Å²) < 4.78 is 42.1. The Kier molecular flexibility index (Phi) is 4.82. The van der Waals surface area contributed by atoms with Crippen LogP contribution >= 0.6 is 11.3 Å². The van der Waals surface area contributed by atoms with Gasteiger partial charge in [-0.25, -0.2) is 17.7 Å². The lowest BCUT2D eigenvalue weighted by molar-refractivity contribution is 0.0950. The van der Waals surface area contributed by atoms with E-state index in [1.807, 2.05) is 5.38 Å². The number of thiazole rings is 1. The molecule has 0 fully saturated rings. The first-order valence-electron chi connectivity index (χ1n) is 8.34. The van der Waals surface area contributed by atoms with Gasteiger partial charge >= 0.3 is 0 Å². The molecule has 0 saturated heterocycles. The fraction of sp³-hybridized carbons (Fsp3) is 0.105. The molecule has 4 aromatic rings. The van der Waals surface area contributed by atoms with Crippen LogP contribution in [0, 0.1) is 17.5 Å². The lowest BCUT2D eigenvalue weighted by Crippen LogP contribution is -2.26. The van der Waals surface area contributed by atoms with Gasteiger partial charge in [0.25, 0.3) is 5.91 Å². The van der Waals surface area contributed by atoms with Gasteiger partial charge in [0.1, 0.15) is 17.5 Å². The van der Waals surface area contributed by atoms with Crippen molar-refractivity contribution in [3.05, 3.63) is 76.6 Å². The number of fused-ring (bicyclic) bond motifs is 1. The first kappa shape index (κ1) is 18.2. The van der Waals surface area contributed by atoms with Gasteiger partial charge in [-0.2, -0.15) is 4.98 Å². The molecular formula is C19H13F3N4OS. The Bertz CT molecular complexity index is 1170. The average Bonchev–Trinajstić information content (AvgIpc) is 3.23. The number of aromatic nitrogens is 3. The molecule has 0 unspecified atom stereocenters.